The fourth-order valence-electron chi connectivity index (χ4n) is 0.505. The van der Waals surface area contributed by atoms with Gasteiger partial charge in [0.2, 0.25) is 5.76 Å². The summed E-state index contributed by atoms with van der Waals surface area (Å²) < 4.78 is 4.28. The molecule has 0 unspecified atom stereocenters. The van der Waals surface area contributed by atoms with Crippen molar-refractivity contribution in [3.05, 3.63) is 34.4 Å². The molecule has 1 rings (SSSR count). The van der Waals surface area contributed by atoms with Crippen LogP contribution in [0.4, 0.5) is 0 Å². The minimum atomic E-state index is -1.24. The molecule has 4 heteroatoms. The molecule has 4 nitrogen and oxygen atoms in total. The lowest BCUT2D eigenvalue weighted by atomic mass is 10.4. The van der Waals surface area contributed by atoms with Gasteiger partial charge in [-0.1, -0.05) is 6.07 Å². The minimum Gasteiger partial charge on any atom is -0.475 e. The van der Waals surface area contributed by atoms with Crippen molar-refractivity contribution in [2.75, 3.05) is 0 Å². The molecule has 0 saturated carbocycles. The highest BCUT2D eigenvalue weighted by Crippen LogP contribution is 1.91. The molecule has 0 aromatic carbocycles. The topological polar surface area (TPSA) is 67.5 Å². The maximum absolute atomic E-state index is 10.4. The summed E-state index contributed by atoms with van der Waals surface area (Å²) >= 11 is 0. The smallest absolute Gasteiger partial charge is 0.371 e. The van der Waals surface area contributed by atoms with Crippen LogP contribution < -0.4 is 5.63 Å². The van der Waals surface area contributed by atoms with E-state index in [-0.39, 0.29) is 5.76 Å². The van der Waals surface area contributed by atoms with Gasteiger partial charge < -0.3 is 9.52 Å². The average Bonchev–Trinajstić information content (AvgIpc) is 1.88. The molecular weight excluding hydrogens is 136 g/mol. The Bertz CT molecular complexity index is 299. The van der Waals surface area contributed by atoms with E-state index in [1.807, 2.05) is 0 Å². The normalized spacial score (nSPS) is 9.20. The van der Waals surface area contributed by atoms with E-state index in [0.717, 1.165) is 6.07 Å². The van der Waals surface area contributed by atoms with Crippen molar-refractivity contribution in [2.45, 2.75) is 0 Å². The minimum absolute atomic E-state index is 0.340. The van der Waals surface area contributed by atoms with Crippen LogP contribution in [0.2, 0.25) is 0 Å². The zero-order valence-corrected chi connectivity index (χ0v) is 4.90. The molecule has 1 aromatic rings. The van der Waals surface area contributed by atoms with Crippen molar-refractivity contribution in [1.29, 1.82) is 0 Å². The van der Waals surface area contributed by atoms with Crippen molar-refractivity contribution in [3.63, 3.8) is 0 Å². The standard InChI is InChI=1S/C6H4O4/c7-5-3-1-2-4(10-5)6(8)9/h1-3H,(H,8,9). The first kappa shape index (κ1) is 6.54. The Kier molecular flexibility index (Phi) is 1.53. The van der Waals surface area contributed by atoms with E-state index < -0.39 is 11.6 Å². The van der Waals surface area contributed by atoms with E-state index >= 15 is 0 Å². The van der Waals surface area contributed by atoms with E-state index in [2.05, 4.69) is 4.42 Å². The molecular formula is C6H4O4. The summed E-state index contributed by atoms with van der Waals surface area (Å²) in [5.74, 6) is -1.58. The molecule has 0 saturated heterocycles. The van der Waals surface area contributed by atoms with Gasteiger partial charge >= 0.3 is 11.6 Å². The second-order valence-electron chi connectivity index (χ2n) is 1.62. The molecule has 1 heterocycles. The van der Waals surface area contributed by atoms with Crippen molar-refractivity contribution >= 4 is 5.97 Å². The monoisotopic (exact) mass is 140 g/mol. The SMILES string of the molecule is O=C(O)c1cccc(=O)o1. The summed E-state index contributed by atoms with van der Waals surface area (Å²) in [5.41, 5.74) is -0.653. The van der Waals surface area contributed by atoms with Gasteiger partial charge in [0.25, 0.3) is 0 Å². The molecule has 0 atom stereocenters. The molecule has 0 fully saturated rings. The van der Waals surface area contributed by atoms with Gasteiger partial charge in [0.15, 0.2) is 0 Å². The molecule has 0 aliphatic carbocycles. The van der Waals surface area contributed by atoms with Crippen LogP contribution in [0.5, 0.6) is 0 Å². The van der Waals surface area contributed by atoms with Crippen LogP contribution in [-0.2, 0) is 0 Å². The average molecular weight is 140 g/mol. The molecule has 0 radical (unpaired) electrons. The Balaban J connectivity index is 3.20. The van der Waals surface area contributed by atoms with Gasteiger partial charge in [0.05, 0.1) is 0 Å². The summed E-state index contributed by atoms with van der Waals surface area (Å²) in [4.78, 5) is 20.5. The number of aromatic carboxylic acids is 1. The zero-order valence-electron chi connectivity index (χ0n) is 4.90. The third-order valence-electron chi connectivity index (χ3n) is 0.901. The Labute approximate surface area is 55.7 Å². The van der Waals surface area contributed by atoms with Gasteiger partial charge in [0.1, 0.15) is 0 Å². The van der Waals surface area contributed by atoms with Crippen LogP contribution in [0.1, 0.15) is 10.6 Å². The summed E-state index contributed by atoms with van der Waals surface area (Å²) in [6, 6.07) is 3.69. The van der Waals surface area contributed by atoms with Crippen LogP contribution in [-0.4, -0.2) is 11.1 Å². The van der Waals surface area contributed by atoms with Gasteiger partial charge in [-0.15, -0.1) is 0 Å². The van der Waals surface area contributed by atoms with Crippen molar-refractivity contribution in [1.82, 2.24) is 0 Å². The Morgan fingerprint density at radius 3 is 2.60 bits per heavy atom. The second kappa shape index (κ2) is 2.34. The first-order valence-corrected chi connectivity index (χ1v) is 2.53. The van der Waals surface area contributed by atoms with E-state index in [9.17, 15) is 9.59 Å². The summed E-state index contributed by atoms with van der Waals surface area (Å²) in [6.07, 6.45) is 0. The van der Waals surface area contributed by atoms with Gasteiger partial charge in [0, 0.05) is 6.07 Å². The van der Waals surface area contributed by atoms with Crippen LogP contribution >= 0.6 is 0 Å². The van der Waals surface area contributed by atoms with E-state index in [1.165, 1.54) is 12.1 Å². The van der Waals surface area contributed by atoms with Crippen molar-refractivity contribution in [2.24, 2.45) is 0 Å². The zero-order chi connectivity index (χ0) is 7.56. The fourth-order valence-corrected chi connectivity index (χ4v) is 0.505. The second-order valence-corrected chi connectivity index (χ2v) is 1.62. The molecule has 1 N–H and O–H groups in total. The number of carboxylic acid groups (broad SMARTS) is 1. The first-order valence-electron chi connectivity index (χ1n) is 2.53. The summed E-state index contributed by atoms with van der Waals surface area (Å²) in [7, 11) is 0. The fraction of sp³-hybridized carbons (Fsp3) is 0. The van der Waals surface area contributed by atoms with Gasteiger partial charge in [-0.05, 0) is 6.07 Å². The van der Waals surface area contributed by atoms with E-state index in [0.29, 0.717) is 0 Å². The lowest BCUT2D eigenvalue weighted by Crippen LogP contribution is -2.03. The van der Waals surface area contributed by atoms with Gasteiger partial charge in [-0.25, -0.2) is 9.59 Å². The molecule has 0 aliphatic rings. The lowest BCUT2D eigenvalue weighted by Gasteiger charge is -1.87. The molecule has 10 heavy (non-hydrogen) atoms. The maximum atomic E-state index is 10.4. The number of carbonyl (C=O) groups is 1. The predicted octanol–water partition coefficient (Wildman–Crippen LogP) is 0.338. The Morgan fingerprint density at radius 1 is 1.50 bits per heavy atom. The van der Waals surface area contributed by atoms with Crippen LogP contribution in [0.3, 0.4) is 0 Å². The van der Waals surface area contributed by atoms with Crippen molar-refractivity contribution in [3.8, 4) is 0 Å². The molecule has 0 spiro atoms. The van der Waals surface area contributed by atoms with Crippen LogP contribution in [0.25, 0.3) is 0 Å². The maximum Gasteiger partial charge on any atom is 0.371 e. The third kappa shape index (κ3) is 1.22. The Morgan fingerprint density at radius 2 is 2.20 bits per heavy atom. The number of carboxylic acids is 1. The van der Waals surface area contributed by atoms with Crippen molar-refractivity contribution < 1.29 is 14.3 Å². The third-order valence-corrected chi connectivity index (χ3v) is 0.901. The Hall–Kier alpha value is -1.58. The highest BCUT2D eigenvalue weighted by atomic mass is 16.4. The molecule has 1 aromatic heterocycles. The quantitative estimate of drug-likeness (QED) is 0.610. The number of hydrogen-bond donors (Lipinski definition) is 1. The van der Waals surface area contributed by atoms with Crippen LogP contribution in [0.15, 0.2) is 27.4 Å². The van der Waals surface area contributed by atoms with Gasteiger partial charge in [-0.3, -0.25) is 0 Å². The summed E-state index contributed by atoms with van der Waals surface area (Å²) in [5, 5.41) is 8.28. The molecule has 52 valence electrons. The highest BCUT2D eigenvalue weighted by Gasteiger charge is 2.03. The predicted molar refractivity (Wildman–Crippen MR) is 31.9 cm³/mol. The highest BCUT2D eigenvalue weighted by molar-refractivity contribution is 5.83. The van der Waals surface area contributed by atoms with Gasteiger partial charge in [-0.2, -0.15) is 0 Å². The van der Waals surface area contributed by atoms with E-state index in [4.69, 9.17) is 5.11 Å². The molecule has 0 bridgehead atoms. The van der Waals surface area contributed by atoms with E-state index in [1.54, 1.807) is 0 Å². The number of hydrogen-bond acceptors (Lipinski definition) is 3. The van der Waals surface area contributed by atoms with Crippen LogP contribution in [0, 0.1) is 0 Å². The number of rotatable bonds is 1. The largest absolute Gasteiger partial charge is 0.475 e. The lowest BCUT2D eigenvalue weighted by molar-refractivity contribution is 0.0657. The first-order chi connectivity index (χ1) is 4.70. The summed E-state index contributed by atoms with van der Waals surface area (Å²) in [6.45, 7) is 0. The molecule has 0 aliphatic heterocycles. The molecule has 0 amide bonds.